The molecule has 0 radical (unpaired) electrons. The second-order valence-corrected chi connectivity index (χ2v) is 9.81. The molecular weight excluding hydrogens is 442 g/mol. The first-order valence-corrected chi connectivity index (χ1v) is 11.8. The molecule has 2 heterocycles. The SMILES string of the molecule is O=C1[C@@H]2[C@@H](c3ccc(Cl)cc3)OC3(C(=O)c4ccccc4C3=O)[C@@H]2C(=O)N1C1CCCCC1. The first-order chi connectivity index (χ1) is 15.9. The molecule has 0 N–H and O–H groups in total. The maximum Gasteiger partial charge on any atom is 0.237 e. The van der Waals surface area contributed by atoms with Gasteiger partial charge in [-0.05, 0) is 30.5 Å². The summed E-state index contributed by atoms with van der Waals surface area (Å²) in [6, 6.07) is 13.1. The predicted octanol–water partition coefficient (Wildman–Crippen LogP) is 4.16. The number of carbonyl (C=O) groups excluding carboxylic acids is 4. The number of nitrogens with zero attached hydrogens (tertiary/aromatic N) is 1. The standard InChI is InChI=1S/C26H22ClNO5/c27-15-12-10-14(11-13-15)21-19-20(25(32)28(24(19)31)16-6-2-1-3-7-16)26(33-21)22(29)17-8-4-5-9-18(17)23(26)30/h4-5,8-13,16,19-21H,1-3,6-7H2/t19-,20-,21+/m0/s1. The Hall–Kier alpha value is -2.83. The Morgan fingerprint density at radius 3 is 2.03 bits per heavy atom. The van der Waals surface area contributed by atoms with E-state index in [1.54, 1.807) is 48.5 Å². The zero-order valence-corrected chi connectivity index (χ0v) is 18.6. The van der Waals surface area contributed by atoms with Gasteiger partial charge in [-0.1, -0.05) is 67.3 Å². The molecule has 0 bridgehead atoms. The van der Waals surface area contributed by atoms with E-state index in [2.05, 4.69) is 0 Å². The number of rotatable bonds is 2. The van der Waals surface area contributed by atoms with Crippen LogP contribution in [0.4, 0.5) is 0 Å². The van der Waals surface area contributed by atoms with Crippen LogP contribution in [0, 0.1) is 11.8 Å². The van der Waals surface area contributed by atoms with Crippen molar-refractivity contribution in [2.45, 2.75) is 49.9 Å². The Kier molecular flexibility index (Phi) is 4.61. The van der Waals surface area contributed by atoms with Crippen LogP contribution >= 0.6 is 11.6 Å². The number of hydrogen-bond donors (Lipinski definition) is 0. The van der Waals surface area contributed by atoms with Crippen molar-refractivity contribution in [3.8, 4) is 0 Å². The fraction of sp³-hybridized carbons (Fsp3) is 0.385. The van der Waals surface area contributed by atoms with Crippen LogP contribution < -0.4 is 0 Å². The van der Waals surface area contributed by atoms with Gasteiger partial charge in [-0.2, -0.15) is 0 Å². The molecule has 1 spiro atoms. The van der Waals surface area contributed by atoms with Crippen LogP contribution in [0.15, 0.2) is 48.5 Å². The molecule has 3 fully saturated rings. The van der Waals surface area contributed by atoms with E-state index in [-0.39, 0.29) is 23.1 Å². The molecule has 2 aromatic rings. The number of halogens is 1. The second kappa shape index (κ2) is 7.34. The minimum Gasteiger partial charge on any atom is -0.349 e. The molecule has 2 aliphatic carbocycles. The van der Waals surface area contributed by atoms with E-state index in [0.717, 1.165) is 32.1 Å². The van der Waals surface area contributed by atoms with Crippen LogP contribution in [0.5, 0.6) is 0 Å². The molecule has 0 aromatic heterocycles. The molecule has 1 saturated carbocycles. The minimum absolute atomic E-state index is 0.193. The van der Waals surface area contributed by atoms with Crippen LogP contribution in [0.2, 0.25) is 5.02 Å². The lowest BCUT2D eigenvalue weighted by Crippen LogP contribution is -2.52. The van der Waals surface area contributed by atoms with Gasteiger partial charge in [0.2, 0.25) is 29.0 Å². The van der Waals surface area contributed by atoms with Gasteiger partial charge >= 0.3 is 0 Å². The average molecular weight is 464 g/mol. The summed E-state index contributed by atoms with van der Waals surface area (Å²) in [6.07, 6.45) is 3.58. The number of carbonyl (C=O) groups is 4. The third-order valence-electron chi connectivity index (χ3n) is 7.69. The Morgan fingerprint density at radius 2 is 1.42 bits per heavy atom. The molecule has 2 saturated heterocycles. The van der Waals surface area contributed by atoms with Crippen LogP contribution in [-0.4, -0.2) is 39.9 Å². The van der Waals surface area contributed by atoms with Gasteiger partial charge in [-0.15, -0.1) is 0 Å². The molecule has 2 aromatic carbocycles. The number of fused-ring (bicyclic) bond motifs is 3. The monoisotopic (exact) mass is 463 g/mol. The minimum atomic E-state index is -2.01. The van der Waals surface area contributed by atoms with Crippen molar-refractivity contribution in [2.75, 3.05) is 0 Å². The van der Waals surface area contributed by atoms with Gasteiger partial charge in [0, 0.05) is 22.2 Å². The number of hydrogen-bond acceptors (Lipinski definition) is 5. The summed E-state index contributed by atoms with van der Waals surface area (Å²) in [4.78, 5) is 56.3. The Labute approximate surface area is 195 Å². The number of imide groups is 1. The fourth-order valence-electron chi connectivity index (χ4n) is 6.19. The Morgan fingerprint density at radius 1 is 0.818 bits per heavy atom. The molecule has 4 aliphatic rings. The number of amides is 2. The predicted molar refractivity (Wildman–Crippen MR) is 119 cm³/mol. The highest BCUT2D eigenvalue weighted by Gasteiger charge is 2.75. The second-order valence-electron chi connectivity index (χ2n) is 9.37. The first-order valence-electron chi connectivity index (χ1n) is 11.4. The van der Waals surface area contributed by atoms with E-state index < -0.39 is 41.0 Å². The van der Waals surface area contributed by atoms with Crippen molar-refractivity contribution in [1.29, 1.82) is 0 Å². The highest BCUT2D eigenvalue weighted by atomic mass is 35.5. The average Bonchev–Trinajstić information content (AvgIpc) is 3.40. The maximum absolute atomic E-state index is 13.8. The van der Waals surface area contributed by atoms with Crippen molar-refractivity contribution in [2.24, 2.45) is 11.8 Å². The first kappa shape index (κ1) is 20.8. The van der Waals surface area contributed by atoms with E-state index in [1.807, 2.05) is 0 Å². The largest absolute Gasteiger partial charge is 0.349 e. The van der Waals surface area contributed by atoms with E-state index in [9.17, 15) is 19.2 Å². The molecule has 2 aliphatic heterocycles. The number of Topliss-reactive ketones (excluding diaryl/α,β-unsaturated/α-hetero) is 2. The van der Waals surface area contributed by atoms with E-state index in [4.69, 9.17) is 16.3 Å². The van der Waals surface area contributed by atoms with Gasteiger partial charge in [0.25, 0.3) is 0 Å². The third-order valence-corrected chi connectivity index (χ3v) is 7.94. The summed E-state index contributed by atoms with van der Waals surface area (Å²) in [5.74, 6) is -3.95. The summed E-state index contributed by atoms with van der Waals surface area (Å²) in [6.45, 7) is 0. The van der Waals surface area contributed by atoms with Crippen molar-refractivity contribution in [1.82, 2.24) is 4.90 Å². The van der Waals surface area contributed by atoms with Crippen molar-refractivity contribution in [3.63, 3.8) is 0 Å². The molecule has 2 amide bonds. The highest BCUT2D eigenvalue weighted by molar-refractivity contribution is 6.35. The van der Waals surface area contributed by atoms with Gasteiger partial charge in [-0.3, -0.25) is 24.1 Å². The summed E-state index contributed by atoms with van der Waals surface area (Å²) < 4.78 is 6.28. The lowest BCUT2D eigenvalue weighted by atomic mass is 9.77. The van der Waals surface area contributed by atoms with Crippen molar-refractivity contribution in [3.05, 3.63) is 70.2 Å². The third kappa shape index (κ3) is 2.71. The highest BCUT2D eigenvalue weighted by Crippen LogP contribution is 2.57. The number of ether oxygens (including phenoxy) is 1. The molecular formula is C26H22ClNO5. The van der Waals surface area contributed by atoms with Crippen LogP contribution in [0.25, 0.3) is 0 Å². The van der Waals surface area contributed by atoms with E-state index in [0.29, 0.717) is 10.6 Å². The van der Waals surface area contributed by atoms with Crippen LogP contribution in [0.1, 0.15) is 64.5 Å². The zero-order valence-electron chi connectivity index (χ0n) is 17.8. The molecule has 0 unspecified atom stereocenters. The lowest BCUT2D eigenvalue weighted by molar-refractivity contribution is -0.148. The molecule has 3 atom stereocenters. The maximum atomic E-state index is 13.8. The smallest absolute Gasteiger partial charge is 0.237 e. The van der Waals surface area contributed by atoms with E-state index in [1.165, 1.54) is 4.90 Å². The molecule has 168 valence electrons. The number of likely N-dealkylation sites (tertiary alicyclic amines) is 1. The molecule has 6 rings (SSSR count). The van der Waals surface area contributed by atoms with Crippen molar-refractivity contribution < 1.29 is 23.9 Å². The molecule has 6 nitrogen and oxygen atoms in total. The van der Waals surface area contributed by atoms with Gasteiger partial charge in [0.05, 0.1) is 17.9 Å². The van der Waals surface area contributed by atoms with Crippen LogP contribution in [-0.2, 0) is 14.3 Å². The summed E-state index contributed by atoms with van der Waals surface area (Å²) in [7, 11) is 0. The topological polar surface area (TPSA) is 80.8 Å². The quantitative estimate of drug-likeness (QED) is 0.493. The van der Waals surface area contributed by atoms with E-state index >= 15 is 0 Å². The lowest BCUT2D eigenvalue weighted by Gasteiger charge is -2.33. The van der Waals surface area contributed by atoms with Gasteiger partial charge < -0.3 is 4.74 Å². The van der Waals surface area contributed by atoms with Crippen LogP contribution in [0.3, 0.4) is 0 Å². The summed E-state index contributed by atoms with van der Waals surface area (Å²) in [5, 5.41) is 0.515. The number of benzene rings is 2. The Balaban J connectivity index is 1.50. The summed E-state index contributed by atoms with van der Waals surface area (Å²) in [5.41, 5.74) is -0.896. The van der Waals surface area contributed by atoms with Gasteiger partial charge in [-0.25, -0.2) is 0 Å². The zero-order chi connectivity index (χ0) is 22.9. The normalized spacial score (nSPS) is 28.6. The van der Waals surface area contributed by atoms with Gasteiger partial charge in [0.1, 0.15) is 0 Å². The molecule has 33 heavy (non-hydrogen) atoms. The Bertz CT molecular complexity index is 1160. The number of ketones is 2. The molecule has 7 heteroatoms. The van der Waals surface area contributed by atoms with Crippen molar-refractivity contribution >= 4 is 35.0 Å². The summed E-state index contributed by atoms with van der Waals surface area (Å²) >= 11 is 6.06. The fourth-order valence-corrected chi connectivity index (χ4v) is 6.32. The van der Waals surface area contributed by atoms with Gasteiger partial charge in [0.15, 0.2) is 0 Å².